The molecule has 4 rings (SSSR count). The maximum Gasteiger partial charge on any atom is 0.323 e. The minimum absolute atomic E-state index is 0.0882. The average Bonchev–Trinajstić information content (AvgIpc) is 3.31. The third-order valence-corrected chi connectivity index (χ3v) is 8.91. The van der Waals surface area contributed by atoms with Crippen molar-refractivity contribution in [2.45, 2.75) is 44.5 Å². The summed E-state index contributed by atoms with van der Waals surface area (Å²) in [5.41, 5.74) is 3.88. The van der Waals surface area contributed by atoms with Gasteiger partial charge in [-0.25, -0.2) is 19.2 Å². The molecule has 3 N–H and O–H groups in total. The Bertz CT molecular complexity index is 1630. The summed E-state index contributed by atoms with van der Waals surface area (Å²) in [6, 6.07) is 15.4. The molecule has 0 atom stereocenters. The highest BCUT2D eigenvalue weighted by Crippen LogP contribution is 2.37. The number of halogens is 2. The lowest BCUT2D eigenvalue weighted by Gasteiger charge is -2.17. The molecule has 2 aromatic heterocycles. The lowest BCUT2D eigenvalue weighted by atomic mass is 10.0. The number of hydrogen-bond donors (Lipinski definition) is 3. The number of anilines is 3. The Kier molecular flexibility index (Phi) is 10.6. The molecule has 0 aliphatic carbocycles. The Balaban J connectivity index is 1.69. The predicted molar refractivity (Wildman–Crippen MR) is 175 cm³/mol. The predicted octanol–water partition coefficient (Wildman–Crippen LogP) is 8.04. The van der Waals surface area contributed by atoms with Gasteiger partial charge in [-0.2, -0.15) is 0 Å². The van der Waals surface area contributed by atoms with Crippen LogP contribution in [0.5, 0.6) is 0 Å². The summed E-state index contributed by atoms with van der Waals surface area (Å²) in [5, 5.41) is 8.88. The van der Waals surface area contributed by atoms with Crippen molar-refractivity contribution >= 4 is 60.6 Å². The van der Waals surface area contributed by atoms with Crippen LogP contribution in [0.15, 0.2) is 66.0 Å². The van der Waals surface area contributed by atoms with E-state index in [2.05, 4.69) is 40.6 Å². The van der Waals surface area contributed by atoms with Gasteiger partial charge < -0.3 is 20.7 Å². The molecule has 2 heterocycles. The van der Waals surface area contributed by atoms with Crippen molar-refractivity contribution in [2.75, 3.05) is 28.8 Å². The SMILES string of the molecule is CSc1nc(-c2cccc(NC(=O)Nc3ccc(F)c(Cl)c3)c2)c(-c2ccnc(NC(C)=O)c2)n1COCC[Si](C)(C)C. The molecule has 0 fully saturated rings. The first-order valence-corrected chi connectivity index (χ1v) is 18.8. The summed E-state index contributed by atoms with van der Waals surface area (Å²) in [6.07, 6.45) is 3.59. The van der Waals surface area contributed by atoms with Crippen molar-refractivity contribution < 1.29 is 18.7 Å². The summed E-state index contributed by atoms with van der Waals surface area (Å²) in [6.45, 7) is 9.28. The molecule has 226 valence electrons. The number of thioether (sulfide) groups is 1. The molecule has 43 heavy (non-hydrogen) atoms. The number of urea groups is 1. The number of imidazole rings is 1. The summed E-state index contributed by atoms with van der Waals surface area (Å²) < 4.78 is 21.7. The molecule has 0 spiro atoms. The highest BCUT2D eigenvalue weighted by molar-refractivity contribution is 7.98. The standard InChI is InChI=1S/C30H34ClFN6O3SSi/c1-19(39)34-26-16-21(11-12-33-26)28-27(37-30(42-2)38(28)18-41-13-14-43(3,4)5)20-7-6-8-22(15-20)35-29(40)36-23-9-10-25(32)24(31)17-23/h6-12,15-17H,13-14,18H2,1-5H3,(H,33,34,39)(H2,35,36,40). The van der Waals surface area contributed by atoms with Gasteiger partial charge >= 0.3 is 6.03 Å². The van der Waals surface area contributed by atoms with E-state index in [1.807, 2.05) is 35.1 Å². The van der Waals surface area contributed by atoms with Gasteiger partial charge in [-0.3, -0.25) is 9.36 Å². The smallest absolute Gasteiger partial charge is 0.323 e. The van der Waals surface area contributed by atoms with Crippen LogP contribution in [0, 0.1) is 5.82 Å². The molecule has 0 aliphatic heterocycles. The lowest BCUT2D eigenvalue weighted by Crippen LogP contribution is -2.22. The van der Waals surface area contributed by atoms with Crippen LogP contribution in [-0.4, -0.2) is 47.4 Å². The Hall–Kier alpha value is -3.71. The molecule has 4 aromatic rings. The Morgan fingerprint density at radius 2 is 1.77 bits per heavy atom. The fourth-order valence-electron chi connectivity index (χ4n) is 4.17. The third-order valence-electron chi connectivity index (χ3n) is 6.24. The number of carbonyl (C=O) groups excluding carboxylic acids is 2. The van der Waals surface area contributed by atoms with Crippen LogP contribution >= 0.6 is 23.4 Å². The number of amides is 3. The zero-order valence-electron chi connectivity index (χ0n) is 24.6. The first kappa shape index (κ1) is 32.2. The van der Waals surface area contributed by atoms with E-state index >= 15 is 0 Å². The van der Waals surface area contributed by atoms with Crippen molar-refractivity contribution in [1.82, 2.24) is 14.5 Å². The largest absolute Gasteiger partial charge is 0.361 e. The number of ether oxygens (including phenoxy) is 1. The molecule has 9 nitrogen and oxygen atoms in total. The average molecular weight is 641 g/mol. The zero-order valence-corrected chi connectivity index (χ0v) is 27.2. The summed E-state index contributed by atoms with van der Waals surface area (Å²) in [5.74, 6) is -0.375. The lowest BCUT2D eigenvalue weighted by molar-refractivity contribution is -0.114. The van der Waals surface area contributed by atoms with Crippen molar-refractivity contribution in [3.63, 3.8) is 0 Å². The molecule has 0 radical (unpaired) electrons. The monoisotopic (exact) mass is 640 g/mol. The number of rotatable bonds is 11. The number of nitrogens with one attached hydrogen (secondary N) is 3. The van der Waals surface area contributed by atoms with Gasteiger partial charge in [0.1, 0.15) is 18.4 Å². The molecule has 2 aromatic carbocycles. The van der Waals surface area contributed by atoms with Crippen LogP contribution in [0.25, 0.3) is 22.5 Å². The third kappa shape index (κ3) is 8.89. The molecule has 3 amide bonds. The normalized spacial score (nSPS) is 11.3. The first-order chi connectivity index (χ1) is 20.4. The molecular weight excluding hydrogens is 607 g/mol. The van der Waals surface area contributed by atoms with Gasteiger partial charge in [0.15, 0.2) is 5.16 Å². The van der Waals surface area contributed by atoms with Gasteiger partial charge in [0.05, 0.1) is 16.4 Å². The second kappa shape index (κ2) is 14.2. The van der Waals surface area contributed by atoms with Crippen molar-refractivity contribution in [3.8, 4) is 22.5 Å². The Labute approximate surface area is 260 Å². The molecule has 0 unspecified atom stereocenters. The maximum atomic E-state index is 13.5. The summed E-state index contributed by atoms with van der Waals surface area (Å²) >= 11 is 7.34. The highest BCUT2D eigenvalue weighted by atomic mass is 35.5. The number of aromatic nitrogens is 3. The molecular formula is C30H34ClFN6O3SSi. The summed E-state index contributed by atoms with van der Waals surface area (Å²) in [7, 11) is -1.28. The van der Waals surface area contributed by atoms with Crippen LogP contribution in [0.4, 0.5) is 26.4 Å². The van der Waals surface area contributed by atoms with Crippen LogP contribution < -0.4 is 16.0 Å². The second-order valence-corrected chi connectivity index (χ2v) is 17.8. The fourth-order valence-corrected chi connectivity index (χ4v) is 5.66. The van der Waals surface area contributed by atoms with Gasteiger partial charge in [-0.1, -0.05) is 55.1 Å². The van der Waals surface area contributed by atoms with E-state index in [0.717, 1.165) is 28.0 Å². The highest BCUT2D eigenvalue weighted by Gasteiger charge is 2.22. The van der Waals surface area contributed by atoms with Gasteiger partial charge in [0, 0.05) is 50.3 Å². The van der Waals surface area contributed by atoms with E-state index in [9.17, 15) is 14.0 Å². The van der Waals surface area contributed by atoms with E-state index < -0.39 is 19.9 Å². The minimum atomic E-state index is -1.28. The van der Waals surface area contributed by atoms with Crippen molar-refractivity contribution in [2.24, 2.45) is 0 Å². The molecule has 0 saturated carbocycles. The number of hydrogen-bond acceptors (Lipinski definition) is 6. The van der Waals surface area contributed by atoms with Crippen LogP contribution in [0.3, 0.4) is 0 Å². The van der Waals surface area contributed by atoms with Crippen molar-refractivity contribution in [1.29, 1.82) is 0 Å². The number of nitrogens with zero attached hydrogens (tertiary/aromatic N) is 3. The van der Waals surface area contributed by atoms with Crippen molar-refractivity contribution in [3.05, 3.63) is 71.6 Å². The van der Waals surface area contributed by atoms with E-state index in [1.54, 1.807) is 18.3 Å². The minimum Gasteiger partial charge on any atom is -0.361 e. The van der Waals surface area contributed by atoms with E-state index in [0.29, 0.717) is 36.2 Å². The molecule has 0 bridgehead atoms. The number of pyridine rings is 1. The zero-order chi connectivity index (χ0) is 31.1. The van der Waals surface area contributed by atoms with Crippen LogP contribution in [0.2, 0.25) is 30.7 Å². The van der Waals surface area contributed by atoms with Gasteiger partial charge in [0.25, 0.3) is 0 Å². The summed E-state index contributed by atoms with van der Waals surface area (Å²) in [4.78, 5) is 33.7. The van der Waals surface area contributed by atoms with Gasteiger partial charge in [0.2, 0.25) is 5.91 Å². The Morgan fingerprint density at radius 1 is 1.02 bits per heavy atom. The van der Waals surface area contributed by atoms with Gasteiger partial charge in [-0.05, 0) is 54.8 Å². The van der Waals surface area contributed by atoms with E-state index in [-0.39, 0.29) is 10.9 Å². The van der Waals surface area contributed by atoms with Gasteiger partial charge in [-0.15, -0.1) is 0 Å². The van der Waals surface area contributed by atoms with E-state index in [4.69, 9.17) is 21.3 Å². The number of carbonyl (C=O) groups is 2. The topological polar surface area (TPSA) is 110 Å². The molecule has 0 aliphatic rings. The van der Waals surface area contributed by atoms with E-state index in [1.165, 1.54) is 36.9 Å². The van der Waals surface area contributed by atoms with Crippen LogP contribution in [-0.2, 0) is 16.3 Å². The first-order valence-electron chi connectivity index (χ1n) is 13.5. The maximum absolute atomic E-state index is 13.5. The molecule has 13 heteroatoms. The van der Waals surface area contributed by atoms with Crippen LogP contribution in [0.1, 0.15) is 6.92 Å². The Morgan fingerprint density at radius 3 is 2.44 bits per heavy atom. The second-order valence-electron chi connectivity index (χ2n) is 11.0. The fraction of sp³-hybridized carbons (Fsp3) is 0.267. The molecule has 0 saturated heterocycles. The number of benzene rings is 2. The quantitative estimate of drug-likeness (QED) is 0.0869.